The van der Waals surface area contributed by atoms with E-state index in [2.05, 4.69) is 12.6 Å². The van der Waals surface area contributed by atoms with Crippen molar-refractivity contribution in [3.05, 3.63) is 39.8 Å². The summed E-state index contributed by atoms with van der Waals surface area (Å²) in [6.45, 7) is 3.89. The maximum atomic E-state index is 10.6. The van der Waals surface area contributed by atoms with Gasteiger partial charge in [-0.15, -0.1) is 12.6 Å². The second-order valence-electron chi connectivity index (χ2n) is 3.14. The molecule has 1 rings (SSSR count). The van der Waals surface area contributed by atoms with Gasteiger partial charge in [0.2, 0.25) is 0 Å². The molecule has 0 aromatic heterocycles. The van der Waals surface area contributed by atoms with Gasteiger partial charge in [0, 0.05) is 0 Å². The fraction of sp³-hybridized carbons (Fsp3) is 0.182. The largest absolute Gasteiger partial charge is 0.477 e. The van der Waals surface area contributed by atoms with Gasteiger partial charge < -0.3 is 5.11 Å². The van der Waals surface area contributed by atoms with Crippen molar-refractivity contribution in [3.63, 3.8) is 0 Å². The molecule has 0 unspecified atom stereocenters. The Kier molecular flexibility index (Phi) is 3.36. The van der Waals surface area contributed by atoms with Crippen molar-refractivity contribution in [2.45, 2.75) is 13.8 Å². The van der Waals surface area contributed by atoms with Crippen LogP contribution < -0.4 is 0 Å². The number of aliphatic carboxylic acids is 1. The number of thiol groups is 1. The summed E-state index contributed by atoms with van der Waals surface area (Å²) >= 11 is 3.89. The van der Waals surface area contributed by atoms with E-state index in [1.807, 2.05) is 32.0 Å². The molecule has 0 heterocycles. The van der Waals surface area contributed by atoms with Gasteiger partial charge in [-0.25, -0.2) is 4.79 Å². The molecule has 14 heavy (non-hydrogen) atoms. The van der Waals surface area contributed by atoms with Crippen molar-refractivity contribution >= 4 is 24.7 Å². The molecule has 0 atom stereocenters. The van der Waals surface area contributed by atoms with Crippen LogP contribution in [-0.4, -0.2) is 11.1 Å². The average Bonchev–Trinajstić information content (AvgIpc) is 2.11. The molecule has 0 aliphatic heterocycles. The smallest absolute Gasteiger partial charge is 0.341 e. The van der Waals surface area contributed by atoms with E-state index >= 15 is 0 Å². The summed E-state index contributed by atoms with van der Waals surface area (Å²) in [7, 11) is 0. The average molecular weight is 208 g/mol. The maximum Gasteiger partial charge on any atom is 0.341 e. The number of rotatable bonds is 2. The standard InChI is InChI=1S/C11H12O2S/c1-7-4-3-5-8(2)9(7)6-10(14)11(12)13/h3-6,14H,1-2H3,(H,12,13)/b10-6-. The molecule has 0 radical (unpaired) electrons. The Hall–Kier alpha value is -1.22. The number of carbonyl (C=O) groups is 1. The molecular weight excluding hydrogens is 196 g/mol. The molecule has 0 amide bonds. The fourth-order valence-electron chi connectivity index (χ4n) is 1.25. The molecule has 0 saturated carbocycles. The Morgan fingerprint density at radius 2 is 1.86 bits per heavy atom. The van der Waals surface area contributed by atoms with Gasteiger partial charge in [0.05, 0.1) is 4.91 Å². The molecule has 3 heteroatoms. The highest BCUT2D eigenvalue weighted by atomic mass is 32.1. The first-order valence-corrected chi connectivity index (χ1v) is 4.67. The number of hydrogen-bond donors (Lipinski definition) is 2. The van der Waals surface area contributed by atoms with Crippen molar-refractivity contribution in [1.82, 2.24) is 0 Å². The second-order valence-corrected chi connectivity index (χ2v) is 3.62. The van der Waals surface area contributed by atoms with Crippen molar-refractivity contribution in [3.8, 4) is 0 Å². The summed E-state index contributed by atoms with van der Waals surface area (Å²) in [5.74, 6) is -1.00. The highest BCUT2D eigenvalue weighted by Gasteiger charge is 2.04. The molecule has 0 bridgehead atoms. The third kappa shape index (κ3) is 2.39. The van der Waals surface area contributed by atoms with Crippen LogP contribution in [0.5, 0.6) is 0 Å². The normalized spacial score (nSPS) is 11.5. The molecule has 1 aromatic carbocycles. The minimum Gasteiger partial charge on any atom is -0.477 e. The van der Waals surface area contributed by atoms with E-state index in [9.17, 15) is 4.79 Å². The molecule has 1 aromatic rings. The summed E-state index contributed by atoms with van der Waals surface area (Å²) in [5, 5.41) is 8.68. The van der Waals surface area contributed by atoms with Gasteiger partial charge in [-0.05, 0) is 36.6 Å². The van der Waals surface area contributed by atoms with E-state index in [0.717, 1.165) is 16.7 Å². The molecule has 0 fully saturated rings. The van der Waals surface area contributed by atoms with E-state index in [1.165, 1.54) is 0 Å². The monoisotopic (exact) mass is 208 g/mol. The van der Waals surface area contributed by atoms with Gasteiger partial charge in [-0.1, -0.05) is 18.2 Å². The topological polar surface area (TPSA) is 37.3 Å². The number of benzene rings is 1. The van der Waals surface area contributed by atoms with Gasteiger partial charge in [-0.3, -0.25) is 0 Å². The zero-order chi connectivity index (χ0) is 10.7. The molecule has 0 aliphatic rings. The van der Waals surface area contributed by atoms with Crippen LogP contribution in [0.3, 0.4) is 0 Å². The predicted octanol–water partition coefficient (Wildman–Crippen LogP) is 2.66. The van der Waals surface area contributed by atoms with Crippen LogP contribution in [0.2, 0.25) is 0 Å². The second kappa shape index (κ2) is 4.33. The Bertz CT molecular complexity index is 374. The van der Waals surface area contributed by atoms with Gasteiger partial charge >= 0.3 is 5.97 Å². The Balaban J connectivity index is 3.20. The first-order chi connectivity index (χ1) is 6.52. The molecule has 0 spiro atoms. The molecular formula is C11H12O2S. The van der Waals surface area contributed by atoms with Crippen LogP contribution in [0.15, 0.2) is 23.1 Å². The molecule has 74 valence electrons. The van der Waals surface area contributed by atoms with Crippen LogP contribution in [0.4, 0.5) is 0 Å². The third-order valence-corrected chi connectivity index (χ3v) is 2.36. The summed E-state index contributed by atoms with van der Waals surface area (Å²) in [6, 6.07) is 5.84. The SMILES string of the molecule is Cc1cccc(C)c1/C=C(\S)C(=O)O. The molecule has 0 saturated heterocycles. The van der Waals surface area contributed by atoms with E-state index in [1.54, 1.807) is 6.08 Å². The van der Waals surface area contributed by atoms with Crippen molar-refractivity contribution in [2.75, 3.05) is 0 Å². The number of carboxylic acid groups (broad SMARTS) is 1. The first-order valence-electron chi connectivity index (χ1n) is 4.22. The summed E-state index contributed by atoms with van der Waals surface area (Å²) in [5.41, 5.74) is 3.04. The van der Waals surface area contributed by atoms with Gasteiger partial charge in [0.25, 0.3) is 0 Å². The maximum absolute atomic E-state index is 10.6. The number of aryl methyl sites for hydroxylation is 2. The van der Waals surface area contributed by atoms with Crippen LogP contribution >= 0.6 is 12.6 Å². The fourth-order valence-corrected chi connectivity index (χ4v) is 1.38. The van der Waals surface area contributed by atoms with Crippen LogP contribution in [-0.2, 0) is 4.79 Å². The summed E-state index contributed by atoms with van der Waals surface area (Å²) in [6.07, 6.45) is 1.58. The van der Waals surface area contributed by atoms with E-state index in [-0.39, 0.29) is 4.91 Å². The zero-order valence-electron chi connectivity index (χ0n) is 8.11. The summed E-state index contributed by atoms with van der Waals surface area (Å²) < 4.78 is 0. The lowest BCUT2D eigenvalue weighted by Crippen LogP contribution is -1.95. The minimum absolute atomic E-state index is 0.0578. The zero-order valence-corrected chi connectivity index (χ0v) is 9.01. The summed E-state index contributed by atoms with van der Waals surface area (Å²) in [4.78, 5) is 10.6. The van der Waals surface area contributed by atoms with Gasteiger partial charge in [-0.2, -0.15) is 0 Å². The van der Waals surface area contributed by atoms with E-state index in [0.29, 0.717) is 0 Å². The van der Waals surface area contributed by atoms with Gasteiger partial charge in [0.15, 0.2) is 0 Å². The lowest BCUT2D eigenvalue weighted by atomic mass is 10.0. The lowest BCUT2D eigenvalue weighted by Gasteiger charge is -2.04. The predicted molar refractivity (Wildman–Crippen MR) is 60.5 cm³/mol. The Morgan fingerprint density at radius 3 is 2.29 bits per heavy atom. The van der Waals surface area contributed by atoms with Gasteiger partial charge in [0.1, 0.15) is 0 Å². The lowest BCUT2D eigenvalue weighted by molar-refractivity contribution is -0.131. The minimum atomic E-state index is -1.00. The van der Waals surface area contributed by atoms with Crippen LogP contribution in [0, 0.1) is 13.8 Å². The molecule has 1 N–H and O–H groups in total. The highest BCUT2D eigenvalue weighted by Crippen LogP contribution is 2.18. The van der Waals surface area contributed by atoms with E-state index < -0.39 is 5.97 Å². The Labute approximate surface area is 88.7 Å². The number of carboxylic acids is 1. The van der Waals surface area contributed by atoms with Crippen molar-refractivity contribution in [1.29, 1.82) is 0 Å². The number of hydrogen-bond acceptors (Lipinski definition) is 2. The first kappa shape index (κ1) is 10.9. The van der Waals surface area contributed by atoms with Crippen molar-refractivity contribution < 1.29 is 9.90 Å². The molecule has 0 aliphatic carbocycles. The Morgan fingerprint density at radius 1 is 1.36 bits per heavy atom. The van der Waals surface area contributed by atoms with Crippen LogP contribution in [0.25, 0.3) is 6.08 Å². The third-order valence-electron chi connectivity index (χ3n) is 2.04. The van der Waals surface area contributed by atoms with Crippen LogP contribution in [0.1, 0.15) is 16.7 Å². The quantitative estimate of drug-likeness (QED) is 0.579. The van der Waals surface area contributed by atoms with Crippen molar-refractivity contribution in [2.24, 2.45) is 0 Å². The highest BCUT2D eigenvalue weighted by molar-refractivity contribution is 7.85. The molecule has 2 nitrogen and oxygen atoms in total. The van der Waals surface area contributed by atoms with E-state index in [4.69, 9.17) is 5.11 Å².